The lowest BCUT2D eigenvalue weighted by atomic mass is 10.1. The molecule has 0 spiro atoms. The van der Waals surface area contributed by atoms with Gasteiger partial charge in [0, 0.05) is 13.1 Å². The first-order chi connectivity index (χ1) is 6.02. The molecule has 13 heavy (non-hydrogen) atoms. The van der Waals surface area contributed by atoms with Gasteiger partial charge in [0.25, 0.3) is 0 Å². The molecule has 0 aromatic rings. The minimum absolute atomic E-state index is 0.0581. The van der Waals surface area contributed by atoms with Crippen LogP contribution < -0.4 is 5.73 Å². The fourth-order valence-corrected chi connectivity index (χ4v) is 1.17. The highest BCUT2D eigenvalue weighted by Crippen LogP contribution is 2.05. The number of carbonyl (C=O) groups excluding carboxylic acids is 1. The molecule has 3 nitrogen and oxygen atoms in total. The molecule has 0 rings (SSSR count). The molecule has 0 aliphatic heterocycles. The Kier molecular flexibility index (Phi) is 5.71. The minimum atomic E-state index is -0.371. The zero-order chi connectivity index (χ0) is 10.4. The molecule has 0 aliphatic rings. The molecule has 0 fully saturated rings. The van der Waals surface area contributed by atoms with E-state index in [4.69, 9.17) is 5.73 Å². The van der Waals surface area contributed by atoms with Crippen LogP contribution in [0.4, 0.5) is 0 Å². The lowest BCUT2D eigenvalue weighted by Gasteiger charge is -2.25. The molecule has 0 bridgehead atoms. The average Bonchev–Trinajstić information content (AvgIpc) is 2.12. The third kappa shape index (κ3) is 4.27. The molecule has 0 aromatic carbocycles. The molecule has 0 radical (unpaired) electrons. The van der Waals surface area contributed by atoms with Gasteiger partial charge >= 0.3 is 0 Å². The predicted octanol–water partition coefficient (Wildman–Crippen LogP) is 1.23. The van der Waals surface area contributed by atoms with Crippen LogP contribution in [0.1, 0.15) is 34.1 Å². The van der Waals surface area contributed by atoms with Crippen molar-refractivity contribution < 1.29 is 4.79 Å². The Morgan fingerprint density at radius 3 is 2.23 bits per heavy atom. The van der Waals surface area contributed by atoms with Gasteiger partial charge in [-0.25, -0.2) is 0 Å². The van der Waals surface area contributed by atoms with Crippen LogP contribution in [0.2, 0.25) is 0 Å². The van der Waals surface area contributed by atoms with Gasteiger partial charge in [0.1, 0.15) is 0 Å². The van der Waals surface area contributed by atoms with Gasteiger partial charge in [-0.05, 0) is 19.8 Å². The Bertz CT molecular complexity index is 157. The standard InChI is InChI=1S/C10H22N2O/c1-5-8(3)7-12(6-2)10(13)9(4)11/h8-9H,5-7,11H2,1-4H3/t8?,9-/m1/s1. The molecule has 1 amide bonds. The van der Waals surface area contributed by atoms with E-state index in [2.05, 4.69) is 13.8 Å². The van der Waals surface area contributed by atoms with Crippen molar-refractivity contribution in [1.29, 1.82) is 0 Å². The van der Waals surface area contributed by atoms with Crippen molar-refractivity contribution in [3.63, 3.8) is 0 Å². The number of hydrogen-bond donors (Lipinski definition) is 1. The number of hydrogen-bond acceptors (Lipinski definition) is 2. The van der Waals surface area contributed by atoms with Gasteiger partial charge < -0.3 is 10.6 Å². The highest BCUT2D eigenvalue weighted by Gasteiger charge is 2.16. The minimum Gasteiger partial charge on any atom is -0.341 e. The van der Waals surface area contributed by atoms with E-state index in [1.807, 2.05) is 11.8 Å². The maximum absolute atomic E-state index is 11.5. The summed E-state index contributed by atoms with van der Waals surface area (Å²) in [7, 11) is 0. The third-order valence-electron chi connectivity index (χ3n) is 2.31. The molecular formula is C10H22N2O. The first-order valence-corrected chi connectivity index (χ1v) is 5.07. The van der Waals surface area contributed by atoms with E-state index in [1.54, 1.807) is 6.92 Å². The van der Waals surface area contributed by atoms with Crippen molar-refractivity contribution in [3.05, 3.63) is 0 Å². The molecule has 78 valence electrons. The lowest BCUT2D eigenvalue weighted by Crippen LogP contribution is -2.43. The maximum atomic E-state index is 11.5. The van der Waals surface area contributed by atoms with E-state index in [0.29, 0.717) is 5.92 Å². The van der Waals surface area contributed by atoms with Crippen molar-refractivity contribution in [2.24, 2.45) is 11.7 Å². The summed E-state index contributed by atoms with van der Waals surface area (Å²) in [5, 5.41) is 0. The van der Waals surface area contributed by atoms with Crippen molar-refractivity contribution >= 4 is 5.91 Å². The predicted molar refractivity (Wildman–Crippen MR) is 55.4 cm³/mol. The third-order valence-corrected chi connectivity index (χ3v) is 2.31. The monoisotopic (exact) mass is 186 g/mol. The van der Waals surface area contributed by atoms with Crippen LogP contribution in [0.3, 0.4) is 0 Å². The fraction of sp³-hybridized carbons (Fsp3) is 0.900. The molecule has 2 N–H and O–H groups in total. The Hall–Kier alpha value is -0.570. The van der Waals surface area contributed by atoms with Crippen LogP contribution >= 0.6 is 0 Å². The second kappa shape index (κ2) is 5.97. The second-order valence-corrected chi connectivity index (χ2v) is 3.68. The molecule has 0 aliphatic carbocycles. The summed E-state index contributed by atoms with van der Waals surface area (Å²) in [6.07, 6.45) is 1.10. The van der Waals surface area contributed by atoms with Gasteiger partial charge in [0.2, 0.25) is 5.91 Å². The quantitative estimate of drug-likeness (QED) is 0.702. The van der Waals surface area contributed by atoms with Crippen LogP contribution in [-0.4, -0.2) is 29.9 Å². The highest BCUT2D eigenvalue weighted by molar-refractivity contribution is 5.81. The van der Waals surface area contributed by atoms with Crippen LogP contribution in [0.15, 0.2) is 0 Å². The molecule has 0 saturated heterocycles. The van der Waals surface area contributed by atoms with Gasteiger partial charge in [-0.1, -0.05) is 20.3 Å². The molecule has 2 atom stereocenters. The summed E-state index contributed by atoms with van der Waals surface area (Å²) in [4.78, 5) is 13.4. The highest BCUT2D eigenvalue weighted by atomic mass is 16.2. The lowest BCUT2D eigenvalue weighted by molar-refractivity contribution is -0.132. The first kappa shape index (κ1) is 12.4. The van der Waals surface area contributed by atoms with Gasteiger partial charge in [-0.15, -0.1) is 0 Å². The Morgan fingerprint density at radius 2 is 1.92 bits per heavy atom. The maximum Gasteiger partial charge on any atom is 0.239 e. The van der Waals surface area contributed by atoms with Crippen LogP contribution in [-0.2, 0) is 4.79 Å². The fourth-order valence-electron chi connectivity index (χ4n) is 1.17. The average molecular weight is 186 g/mol. The normalized spacial score (nSPS) is 15.2. The molecule has 3 heteroatoms. The van der Waals surface area contributed by atoms with E-state index in [1.165, 1.54) is 0 Å². The van der Waals surface area contributed by atoms with E-state index >= 15 is 0 Å². The van der Waals surface area contributed by atoms with Crippen molar-refractivity contribution in [2.75, 3.05) is 13.1 Å². The van der Waals surface area contributed by atoms with E-state index < -0.39 is 0 Å². The number of amides is 1. The van der Waals surface area contributed by atoms with Crippen molar-refractivity contribution in [1.82, 2.24) is 4.90 Å². The van der Waals surface area contributed by atoms with Gasteiger partial charge in [-0.2, -0.15) is 0 Å². The largest absolute Gasteiger partial charge is 0.341 e. The van der Waals surface area contributed by atoms with Crippen LogP contribution in [0.5, 0.6) is 0 Å². The Labute approximate surface area is 81.3 Å². The summed E-state index contributed by atoms with van der Waals surface area (Å²) in [6, 6.07) is -0.371. The van der Waals surface area contributed by atoms with E-state index in [0.717, 1.165) is 19.5 Å². The van der Waals surface area contributed by atoms with Crippen molar-refractivity contribution in [3.8, 4) is 0 Å². The van der Waals surface area contributed by atoms with Gasteiger partial charge in [-0.3, -0.25) is 4.79 Å². The number of nitrogens with two attached hydrogens (primary N) is 1. The molecule has 0 saturated carbocycles. The van der Waals surface area contributed by atoms with Gasteiger partial charge in [0.15, 0.2) is 0 Å². The Morgan fingerprint density at radius 1 is 1.38 bits per heavy atom. The molecule has 0 aromatic heterocycles. The summed E-state index contributed by atoms with van der Waals surface area (Å²) in [5.74, 6) is 0.616. The smallest absolute Gasteiger partial charge is 0.239 e. The molecule has 1 unspecified atom stereocenters. The second-order valence-electron chi connectivity index (χ2n) is 3.68. The molecule has 0 heterocycles. The summed E-state index contributed by atoms with van der Waals surface area (Å²) >= 11 is 0. The van der Waals surface area contributed by atoms with Gasteiger partial charge in [0.05, 0.1) is 6.04 Å². The number of carbonyl (C=O) groups is 1. The zero-order valence-corrected chi connectivity index (χ0v) is 9.21. The van der Waals surface area contributed by atoms with E-state index in [9.17, 15) is 4.79 Å². The summed E-state index contributed by atoms with van der Waals surface area (Å²) < 4.78 is 0. The van der Waals surface area contributed by atoms with Crippen LogP contribution in [0.25, 0.3) is 0 Å². The summed E-state index contributed by atoms with van der Waals surface area (Å²) in [5.41, 5.74) is 5.54. The zero-order valence-electron chi connectivity index (χ0n) is 9.21. The number of likely N-dealkylation sites (N-methyl/N-ethyl adjacent to an activating group) is 1. The number of rotatable bonds is 5. The summed E-state index contributed by atoms with van der Waals surface area (Å²) in [6.45, 7) is 9.59. The molecular weight excluding hydrogens is 164 g/mol. The van der Waals surface area contributed by atoms with Crippen LogP contribution in [0, 0.1) is 5.92 Å². The SMILES string of the molecule is CCC(C)CN(CC)C(=O)[C@@H](C)N. The van der Waals surface area contributed by atoms with Crippen molar-refractivity contribution in [2.45, 2.75) is 40.2 Å². The van der Waals surface area contributed by atoms with E-state index in [-0.39, 0.29) is 11.9 Å². The topological polar surface area (TPSA) is 46.3 Å². The number of nitrogens with zero attached hydrogens (tertiary/aromatic N) is 1. The Balaban J connectivity index is 4.10. The first-order valence-electron chi connectivity index (χ1n) is 5.07.